The average Bonchev–Trinajstić information content (AvgIpc) is 3.16. The molecule has 0 spiro atoms. The Hall–Kier alpha value is -3.61. The van der Waals surface area contributed by atoms with E-state index in [0.717, 1.165) is 34.5 Å². The first-order chi connectivity index (χ1) is 15.7. The maximum absolute atomic E-state index is 13.7. The number of anilines is 2. The molecule has 1 atom stereocenters. The third-order valence-electron chi connectivity index (χ3n) is 6.59. The lowest BCUT2D eigenvalue weighted by Gasteiger charge is -2.33. The smallest absolute Gasteiger partial charge is 0.312 e. The molecule has 0 radical (unpaired) electrons. The number of fused-ring (bicyclic) bond motifs is 3. The van der Waals surface area contributed by atoms with Gasteiger partial charge in [-0.25, -0.2) is 4.79 Å². The van der Waals surface area contributed by atoms with Crippen LogP contribution in [0.25, 0.3) is 11.2 Å². The normalized spacial score (nSPS) is 15.8. The maximum Gasteiger partial charge on any atom is 0.332 e. The number of aryl methyl sites for hydroxylation is 4. The zero-order valence-corrected chi connectivity index (χ0v) is 19.8. The molecule has 2 aromatic carbocycles. The van der Waals surface area contributed by atoms with Gasteiger partial charge in [0.1, 0.15) is 0 Å². The molecule has 5 rings (SSSR count). The van der Waals surface area contributed by atoms with Crippen LogP contribution in [0.3, 0.4) is 0 Å². The second kappa shape index (κ2) is 7.76. The molecule has 0 amide bonds. The van der Waals surface area contributed by atoms with Crippen molar-refractivity contribution in [3.63, 3.8) is 0 Å². The van der Waals surface area contributed by atoms with Crippen molar-refractivity contribution in [2.75, 3.05) is 11.4 Å². The number of benzene rings is 2. The molecule has 0 saturated heterocycles. The zero-order chi connectivity index (χ0) is 23.4. The molecule has 4 aromatic rings. The van der Waals surface area contributed by atoms with Crippen LogP contribution < -0.4 is 16.1 Å². The van der Waals surface area contributed by atoms with Crippen molar-refractivity contribution in [2.24, 2.45) is 13.0 Å². The van der Waals surface area contributed by atoms with Crippen molar-refractivity contribution in [1.29, 1.82) is 0 Å². The number of rotatable bonds is 3. The Morgan fingerprint density at radius 3 is 2.52 bits per heavy atom. The monoisotopic (exact) mass is 443 g/mol. The predicted molar refractivity (Wildman–Crippen MR) is 132 cm³/mol. The van der Waals surface area contributed by atoms with E-state index in [0.29, 0.717) is 29.6 Å². The van der Waals surface area contributed by atoms with Gasteiger partial charge in [0.25, 0.3) is 5.56 Å². The van der Waals surface area contributed by atoms with Gasteiger partial charge in [-0.3, -0.25) is 13.9 Å². The van der Waals surface area contributed by atoms with Crippen molar-refractivity contribution in [3.8, 4) is 0 Å². The van der Waals surface area contributed by atoms with Crippen LogP contribution in [0.15, 0.2) is 52.1 Å². The molecule has 33 heavy (non-hydrogen) atoms. The Kier molecular flexibility index (Phi) is 5.00. The van der Waals surface area contributed by atoms with E-state index in [1.165, 1.54) is 9.13 Å². The number of imidazole rings is 1. The summed E-state index contributed by atoms with van der Waals surface area (Å²) in [7, 11) is 1.70. The van der Waals surface area contributed by atoms with Crippen LogP contribution in [0, 0.1) is 26.7 Å². The van der Waals surface area contributed by atoms with Gasteiger partial charge >= 0.3 is 5.69 Å². The van der Waals surface area contributed by atoms with Gasteiger partial charge in [-0.2, -0.15) is 4.98 Å². The Balaban J connectivity index is 1.73. The number of hydrogen-bond donors (Lipinski definition) is 0. The van der Waals surface area contributed by atoms with Crippen molar-refractivity contribution < 1.29 is 0 Å². The van der Waals surface area contributed by atoms with Crippen molar-refractivity contribution in [2.45, 2.75) is 40.8 Å². The predicted octanol–water partition coefficient (Wildman–Crippen LogP) is 3.66. The SMILES string of the molecule is Cc1cccc(N2C[C@H](C)Cn3c2nc2c3c(=O)n(Cc3cc(C)ccc3C)c(=O)n2C)c1. The van der Waals surface area contributed by atoms with Crippen molar-refractivity contribution >= 4 is 22.8 Å². The van der Waals surface area contributed by atoms with Crippen molar-refractivity contribution in [3.05, 3.63) is 85.6 Å². The molecule has 0 bridgehead atoms. The molecule has 0 aliphatic carbocycles. The summed E-state index contributed by atoms with van der Waals surface area (Å²) in [5.41, 5.74) is 5.63. The van der Waals surface area contributed by atoms with Gasteiger partial charge in [0.05, 0.1) is 6.54 Å². The number of aromatic nitrogens is 4. The van der Waals surface area contributed by atoms with Crippen LogP contribution in [0.2, 0.25) is 0 Å². The lowest BCUT2D eigenvalue weighted by atomic mass is 10.1. The minimum atomic E-state index is -0.348. The summed E-state index contributed by atoms with van der Waals surface area (Å²) in [6, 6.07) is 14.4. The fraction of sp³-hybridized carbons (Fsp3) is 0.346. The van der Waals surface area contributed by atoms with Gasteiger partial charge in [-0.15, -0.1) is 0 Å². The van der Waals surface area contributed by atoms with Crippen LogP contribution >= 0.6 is 0 Å². The minimum Gasteiger partial charge on any atom is -0.312 e. The van der Waals surface area contributed by atoms with E-state index in [-0.39, 0.29) is 17.8 Å². The third kappa shape index (κ3) is 3.48. The first kappa shape index (κ1) is 21.2. The van der Waals surface area contributed by atoms with Crippen LogP contribution in [0.5, 0.6) is 0 Å². The Labute approximate surface area is 192 Å². The summed E-state index contributed by atoms with van der Waals surface area (Å²) in [4.78, 5) is 33.9. The lowest BCUT2D eigenvalue weighted by molar-refractivity contribution is 0.458. The molecule has 0 unspecified atom stereocenters. The summed E-state index contributed by atoms with van der Waals surface area (Å²) in [5, 5.41) is 0. The van der Waals surface area contributed by atoms with Crippen LogP contribution in [0.4, 0.5) is 11.6 Å². The van der Waals surface area contributed by atoms with E-state index in [1.54, 1.807) is 7.05 Å². The summed E-state index contributed by atoms with van der Waals surface area (Å²) >= 11 is 0. The highest BCUT2D eigenvalue weighted by molar-refractivity contribution is 5.77. The standard InChI is InChI=1S/C26H29N5O2/c1-16-7-6-8-21(12-16)29-13-18(3)14-30-22-23(27-25(29)30)28(5)26(33)31(24(22)32)15-20-11-17(2)9-10-19(20)4/h6-12,18H,13-15H2,1-5H3/t18-/m0/s1. The molecule has 1 aliphatic rings. The second-order valence-electron chi connectivity index (χ2n) is 9.41. The van der Waals surface area contributed by atoms with E-state index in [2.05, 4.69) is 36.9 Å². The average molecular weight is 444 g/mol. The van der Waals surface area contributed by atoms with Crippen LogP contribution in [-0.2, 0) is 20.1 Å². The summed E-state index contributed by atoms with van der Waals surface area (Å²) < 4.78 is 4.84. The topological polar surface area (TPSA) is 65.1 Å². The Bertz CT molecular complexity index is 1510. The molecule has 7 nitrogen and oxygen atoms in total. The molecule has 2 aromatic heterocycles. The minimum absolute atomic E-state index is 0.243. The highest BCUT2D eigenvalue weighted by Gasteiger charge is 2.30. The lowest BCUT2D eigenvalue weighted by Crippen LogP contribution is -2.40. The molecule has 7 heteroatoms. The molecule has 170 valence electrons. The van der Waals surface area contributed by atoms with E-state index >= 15 is 0 Å². The highest BCUT2D eigenvalue weighted by Crippen LogP contribution is 2.33. The molecular formula is C26H29N5O2. The highest BCUT2D eigenvalue weighted by atomic mass is 16.2. The van der Waals surface area contributed by atoms with Gasteiger partial charge in [-0.1, -0.05) is 42.8 Å². The summed E-state index contributed by atoms with van der Waals surface area (Å²) in [6.45, 7) is 9.99. The second-order valence-corrected chi connectivity index (χ2v) is 9.41. The third-order valence-corrected chi connectivity index (χ3v) is 6.59. The van der Waals surface area contributed by atoms with Gasteiger partial charge in [0, 0.05) is 25.8 Å². The van der Waals surface area contributed by atoms with Crippen LogP contribution in [0.1, 0.15) is 29.2 Å². The summed E-state index contributed by atoms with van der Waals surface area (Å²) in [6.07, 6.45) is 0. The summed E-state index contributed by atoms with van der Waals surface area (Å²) in [5.74, 6) is 1.03. The number of hydrogen-bond acceptors (Lipinski definition) is 4. The molecule has 1 aliphatic heterocycles. The fourth-order valence-corrected chi connectivity index (χ4v) is 4.80. The van der Waals surface area contributed by atoms with Gasteiger partial charge < -0.3 is 9.47 Å². The van der Waals surface area contributed by atoms with Crippen LogP contribution in [-0.4, -0.2) is 25.2 Å². The first-order valence-electron chi connectivity index (χ1n) is 11.3. The molecule has 0 fully saturated rings. The van der Waals surface area contributed by atoms with E-state index in [4.69, 9.17) is 4.98 Å². The van der Waals surface area contributed by atoms with Gasteiger partial charge in [-0.05, 0) is 55.5 Å². The molecule has 3 heterocycles. The zero-order valence-electron chi connectivity index (χ0n) is 19.8. The Morgan fingerprint density at radius 1 is 1.00 bits per heavy atom. The van der Waals surface area contributed by atoms with Gasteiger partial charge in [0.2, 0.25) is 5.95 Å². The molecule has 0 saturated carbocycles. The van der Waals surface area contributed by atoms with E-state index < -0.39 is 0 Å². The quantitative estimate of drug-likeness (QED) is 0.485. The first-order valence-corrected chi connectivity index (χ1v) is 11.3. The van der Waals surface area contributed by atoms with E-state index in [9.17, 15) is 9.59 Å². The van der Waals surface area contributed by atoms with Gasteiger partial charge in [0.15, 0.2) is 11.2 Å². The maximum atomic E-state index is 13.7. The van der Waals surface area contributed by atoms with Crippen molar-refractivity contribution in [1.82, 2.24) is 18.7 Å². The number of nitrogens with zero attached hydrogens (tertiary/aromatic N) is 5. The molecular weight excluding hydrogens is 414 g/mol. The molecule has 0 N–H and O–H groups in total. The van der Waals surface area contributed by atoms with E-state index in [1.807, 2.05) is 42.7 Å². The largest absolute Gasteiger partial charge is 0.332 e. The fourth-order valence-electron chi connectivity index (χ4n) is 4.80. The Morgan fingerprint density at radius 2 is 1.76 bits per heavy atom.